The molecule has 0 saturated carbocycles. The van der Waals surface area contributed by atoms with E-state index in [0.717, 1.165) is 0 Å². The summed E-state index contributed by atoms with van der Waals surface area (Å²) in [5.41, 5.74) is 6.63. The first kappa shape index (κ1) is 16.5. The van der Waals surface area contributed by atoms with Crippen LogP contribution < -0.4 is 5.73 Å². The van der Waals surface area contributed by atoms with Gasteiger partial charge in [0, 0.05) is 6.72 Å². The third-order valence-corrected chi connectivity index (χ3v) is 3.73. The van der Waals surface area contributed by atoms with Crippen molar-refractivity contribution in [3.63, 3.8) is 0 Å². The molecule has 0 radical (unpaired) electrons. The normalized spacial score (nSPS) is 26.8. The van der Waals surface area contributed by atoms with Crippen molar-refractivity contribution in [2.45, 2.75) is 24.5 Å². The van der Waals surface area contributed by atoms with Gasteiger partial charge in [-0.05, 0) is 0 Å². The predicted molar refractivity (Wildman–Crippen MR) is 82.0 cm³/mol. The second kappa shape index (κ2) is 7.05. The number of rotatable bonds is 7. The van der Waals surface area contributed by atoms with E-state index in [0.29, 0.717) is 11.2 Å². The van der Waals surface area contributed by atoms with Crippen molar-refractivity contribution < 1.29 is 24.5 Å². The molecule has 0 aromatic carbocycles. The van der Waals surface area contributed by atoms with E-state index in [1.54, 1.807) is 4.57 Å². The molecule has 1 aliphatic rings. The summed E-state index contributed by atoms with van der Waals surface area (Å²) in [6.07, 6.45) is -0.546. The topological polar surface area (TPSA) is 150 Å². The van der Waals surface area contributed by atoms with Crippen LogP contribution in [0.25, 0.3) is 11.2 Å². The molecule has 4 N–H and O–H groups in total. The van der Waals surface area contributed by atoms with Gasteiger partial charge in [-0.25, -0.2) is 15.0 Å². The Morgan fingerprint density at radius 3 is 2.96 bits per heavy atom. The van der Waals surface area contributed by atoms with E-state index >= 15 is 0 Å². The zero-order chi connectivity index (χ0) is 17.1. The van der Waals surface area contributed by atoms with Gasteiger partial charge in [0.1, 0.15) is 36.8 Å². The summed E-state index contributed by atoms with van der Waals surface area (Å²) in [5, 5.41) is 23.0. The standard InChI is InChI=1S/C13H18N6O5/c1-15-23-3-2-22-10-9(21)7(4-20)24-13(10)19-6-18-8-11(14)16-5-17-12(8)19/h5-7,9-10,13,20-21H,1-4H2,(H2,14,16,17)/t7-,9-,10-,13-/m1/s1. The van der Waals surface area contributed by atoms with Crippen molar-refractivity contribution in [3.8, 4) is 0 Å². The van der Waals surface area contributed by atoms with Gasteiger partial charge in [-0.1, -0.05) is 0 Å². The van der Waals surface area contributed by atoms with E-state index in [2.05, 4.69) is 26.8 Å². The van der Waals surface area contributed by atoms with Crippen LogP contribution in [0.5, 0.6) is 0 Å². The molecule has 0 bridgehead atoms. The van der Waals surface area contributed by atoms with Gasteiger partial charge >= 0.3 is 0 Å². The Morgan fingerprint density at radius 2 is 2.21 bits per heavy atom. The number of imidazole rings is 1. The Bertz CT molecular complexity index is 709. The predicted octanol–water partition coefficient (Wildman–Crippen LogP) is -1.32. The van der Waals surface area contributed by atoms with Gasteiger partial charge in [0.25, 0.3) is 0 Å². The van der Waals surface area contributed by atoms with Crippen LogP contribution in [0.1, 0.15) is 6.23 Å². The fourth-order valence-electron chi connectivity index (χ4n) is 2.62. The van der Waals surface area contributed by atoms with Crippen LogP contribution in [0.2, 0.25) is 0 Å². The molecule has 1 fully saturated rings. The number of oxime groups is 1. The molecule has 0 unspecified atom stereocenters. The summed E-state index contributed by atoms with van der Waals surface area (Å²) in [6.45, 7) is 3.16. The molecule has 3 rings (SSSR count). The number of hydrogen-bond acceptors (Lipinski definition) is 10. The molecule has 2 aromatic rings. The maximum Gasteiger partial charge on any atom is 0.167 e. The van der Waals surface area contributed by atoms with E-state index in [1.807, 2.05) is 0 Å². The molecular formula is C13H18N6O5. The highest BCUT2D eigenvalue weighted by Gasteiger charge is 2.45. The summed E-state index contributed by atoms with van der Waals surface area (Å²) in [7, 11) is 0. The van der Waals surface area contributed by atoms with Crippen LogP contribution >= 0.6 is 0 Å². The van der Waals surface area contributed by atoms with Crippen LogP contribution in [-0.4, -0.2) is 74.6 Å². The lowest BCUT2D eigenvalue weighted by Crippen LogP contribution is -2.36. The van der Waals surface area contributed by atoms with E-state index < -0.39 is 24.5 Å². The van der Waals surface area contributed by atoms with E-state index in [-0.39, 0.29) is 25.6 Å². The van der Waals surface area contributed by atoms with Gasteiger partial charge in [-0.15, -0.1) is 5.16 Å². The summed E-state index contributed by atoms with van der Waals surface area (Å²) in [6, 6.07) is 0. The first-order chi connectivity index (χ1) is 11.7. The van der Waals surface area contributed by atoms with Crippen molar-refractivity contribution in [1.82, 2.24) is 19.5 Å². The summed E-state index contributed by atoms with van der Waals surface area (Å²) in [4.78, 5) is 16.9. The Morgan fingerprint density at radius 1 is 1.38 bits per heavy atom. The highest BCUT2D eigenvalue weighted by molar-refractivity contribution is 5.81. The van der Waals surface area contributed by atoms with E-state index in [4.69, 9.17) is 20.0 Å². The van der Waals surface area contributed by atoms with E-state index in [1.165, 1.54) is 12.7 Å². The summed E-state index contributed by atoms with van der Waals surface area (Å²) in [5.74, 6) is 0.235. The molecule has 0 aliphatic carbocycles. The molecule has 0 spiro atoms. The van der Waals surface area contributed by atoms with Crippen LogP contribution in [0.4, 0.5) is 5.82 Å². The van der Waals surface area contributed by atoms with Gasteiger partial charge in [0.05, 0.1) is 19.5 Å². The molecule has 3 heterocycles. The number of aromatic nitrogens is 4. The molecule has 1 saturated heterocycles. The molecule has 130 valence electrons. The van der Waals surface area contributed by atoms with E-state index in [9.17, 15) is 10.2 Å². The number of fused-ring (bicyclic) bond motifs is 1. The summed E-state index contributed by atoms with van der Waals surface area (Å²) >= 11 is 0. The highest BCUT2D eigenvalue weighted by Crippen LogP contribution is 2.33. The van der Waals surface area contributed by atoms with Crippen molar-refractivity contribution in [2.75, 3.05) is 25.6 Å². The second-order valence-corrected chi connectivity index (χ2v) is 5.12. The molecule has 1 aliphatic heterocycles. The minimum atomic E-state index is -1.03. The number of ether oxygens (including phenoxy) is 2. The first-order valence-corrected chi connectivity index (χ1v) is 7.24. The fraction of sp³-hybridized carbons (Fsp3) is 0.538. The van der Waals surface area contributed by atoms with Crippen LogP contribution in [0.15, 0.2) is 17.8 Å². The van der Waals surface area contributed by atoms with Crippen LogP contribution in [-0.2, 0) is 14.3 Å². The lowest BCUT2D eigenvalue weighted by Gasteiger charge is -2.21. The quantitative estimate of drug-likeness (QED) is 0.317. The van der Waals surface area contributed by atoms with Gasteiger partial charge in [0.15, 0.2) is 17.7 Å². The molecule has 4 atom stereocenters. The second-order valence-electron chi connectivity index (χ2n) is 5.12. The summed E-state index contributed by atoms with van der Waals surface area (Å²) < 4.78 is 12.9. The van der Waals surface area contributed by atoms with Crippen LogP contribution in [0.3, 0.4) is 0 Å². The van der Waals surface area contributed by atoms with Crippen molar-refractivity contribution in [3.05, 3.63) is 12.7 Å². The number of hydrogen-bond donors (Lipinski definition) is 3. The molecule has 11 heteroatoms. The minimum Gasteiger partial charge on any atom is -0.394 e. The lowest BCUT2D eigenvalue weighted by molar-refractivity contribution is -0.0809. The molecule has 2 aromatic heterocycles. The Labute approximate surface area is 136 Å². The van der Waals surface area contributed by atoms with Crippen molar-refractivity contribution >= 4 is 23.7 Å². The molecule has 24 heavy (non-hydrogen) atoms. The number of anilines is 1. The number of nitrogens with two attached hydrogens (primary N) is 1. The molecular weight excluding hydrogens is 320 g/mol. The van der Waals surface area contributed by atoms with Gasteiger partial charge in [-0.3, -0.25) is 4.57 Å². The maximum atomic E-state index is 10.3. The Hall–Kier alpha value is -2.34. The lowest BCUT2D eigenvalue weighted by atomic mass is 10.1. The largest absolute Gasteiger partial charge is 0.394 e. The molecule has 11 nitrogen and oxygen atoms in total. The number of nitrogens with zero attached hydrogens (tertiary/aromatic N) is 5. The highest BCUT2D eigenvalue weighted by atomic mass is 16.6. The van der Waals surface area contributed by atoms with Crippen LogP contribution in [0, 0.1) is 0 Å². The SMILES string of the molecule is C=NOCCO[C@@H]1[C@H](O)[C@@H](CO)O[C@H]1n1cnc2c(N)ncnc21. The molecule has 0 amide bonds. The van der Waals surface area contributed by atoms with Gasteiger partial charge < -0.3 is 30.3 Å². The third kappa shape index (κ3) is 2.89. The smallest absolute Gasteiger partial charge is 0.167 e. The Kier molecular flexibility index (Phi) is 4.85. The average Bonchev–Trinajstić information content (AvgIpc) is 3.14. The number of nitrogen functional groups attached to an aromatic ring is 1. The minimum absolute atomic E-state index is 0.155. The van der Waals surface area contributed by atoms with Crippen molar-refractivity contribution in [1.29, 1.82) is 0 Å². The van der Waals surface area contributed by atoms with Crippen molar-refractivity contribution in [2.24, 2.45) is 5.16 Å². The number of aliphatic hydroxyl groups excluding tert-OH is 2. The average molecular weight is 338 g/mol. The van der Waals surface area contributed by atoms with Gasteiger partial charge in [0.2, 0.25) is 0 Å². The monoisotopic (exact) mass is 338 g/mol. The zero-order valence-electron chi connectivity index (χ0n) is 12.7. The Balaban J connectivity index is 1.87. The maximum absolute atomic E-state index is 10.3. The first-order valence-electron chi connectivity index (χ1n) is 7.24. The number of aliphatic hydroxyl groups is 2. The third-order valence-electron chi connectivity index (χ3n) is 3.73. The zero-order valence-corrected chi connectivity index (χ0v) is 12.7. The fourth-order valence-corrected chi connectivity index (χ4v) is 2.62. The van der Waals surface area contributed by atoms with Gasteiger partial charge in [-0.2, -0.15) is 0 Å².